The Labute approximate surface area is 170 Å². The second-order valence-electron chi connectivity index (χ2n) is 10.8. The van der Waals surface area contributed by atoms with Crippen molar-refractivity contribution in [2.75, 3.05) is 6.61 Å². The molecule has 0 aliphatic carbocycles. The molecule has 2 aliphatic heterocycles. The Kier molecular flexibility index (Phi) is 6.48. The third-order valence-corrected chi connectivity index (χ3v) is 10.1. The summed E-state index contributed by atoms with van der Waals surface area (Å²) in [4.78, 5) is 12.1. The smallest absolute Gasteiger partial charge is 0.311 e. The van der Waals surface area contributed by atoms with Gasteiger partial charge in [-0.1, -0.05) is 20.8 Å². The minimum Gasteiger partial charge on any atom is -0.462 e. The Balaban J connectivity index is 2.16. The van der Waals surface area contributed by atoms with E-state index in [0.717, 1.165) is 0 Å². The van der Waals surface area contributed by atoms with E-state index in [0.29, 0.717) is 0 Å². The van der Waals surface area contributed by atoms with Crippen LogP contribution in [0.5, 0.6) is 0 Å². The summed E-state index contributed by atoms with van der Waals surface area (Å²) >= 11 is 0. The number of fused-ring (bicyclic) bond motifs is 1. The van der Waals surface area contributed by atoms with Gasteiger partial charge in [-0.2, -0.15) is 0 Å². The maximum absolute atomic E-state index is 12.1. The van der Waals surface area contributed by atoms with Gasteiger partial charge in [0, 0.05) is 0 Å². The number of esters is 1. The van der Waals surface area contributed by atoms with Crippen molar-refractivity contribution in [3.05, 3.63) is 0 Å². The summed E-state index contributed by atoms with van der Waals surface area (Å²) in [5, 5.41) is 10.7. The first-order valence-corrected chi connectivity index (χ1v) is 12.9. The molecule has 2 aliphatic rings. The molecule has 0 spiro atoms. The molecule has 0 bridgehead atoms. The third kappa shape index (κ3) is 5.15. The zero-order valence-electron chi connectivity index (χ0n) is 19.0. The predicted octanol–water partition coefficient (Wildman–Crippen LogP) is 3.20. The number of aliphatic hydroxyl groups excluding tert-OH is 1. The van der Waals surface area contributed by atoms with Crippen molar-refractivity contribution in [3.63, 3.8) is 0 Å². The van der Waals surface area contributed by atoms with E-state index in [9.17, 15) is 9.90 Å². The van der Waals surface area contributed by atoms with Crippen LogP contribution in [0.3, 0.4) is 0 Å². The predicted molar refractivity (Wildman–Crippen MR) is 107 cm³/mol. The minimum atomic E-state index is -2.17. The van der Waals surface area contributed by atoms with Gasteiger partial charge in [-0.15, -0.1) is 0 Å². The molecule has 0 aromatic rings. The summed E-state index contributed by atoms with van der Waals surface area (Å²) in [5.41, 5.74) is -0.639. The lowest BCUT2D eigenvalue weighted by Crippen LogP contribution is -2.52. The molecule has 0 aromatic carbocycles. The van der Waals surface area contributed by atoms with Crippen LogP contribution >= 0.6 is 0 Å². The number of carbonyl (C=O) groups is 1. The first kappa shape index (κ1) is 23.8. The lowest BCUT2D eigenvalue weighted by Gasteiger charge is -2.41. The largest absolute Gasteiger partial charge is 0.462 e. The number of rotatable bonds is 5. The van der Waals surface area contributed by atoms with Gasteiger partial charge in [0.05, 0.1) is 5.41 Å². The Morgan fingerprint density at radius 1 is 1.14 bits per heavy atom. The first-order valence-electron chi connectivity index (χ1n) is 9.99. The number of aliphatic hydroxyl groups is 1. The minimum absolute atomic E-state index is 0.0196. The molecule has 164 valence electrons. The maximum Gasteiger partial charge on any atom is 0.311 e. The third-order valence-electron chi connectivity index (χ3n) is 5.64. The van der Waals surface area contributed by atoms with Crippen molar-refractivity contribution in [1.82, 2.24) is 0 Å². The number of carbonyl (C=O) groups excluding carboxylic acids is 1. The fourth-order valence-electron chi connectivity index (χ4n) is 2.94. The number of hydrogen-bond donors (Lipinski definition) is 1. The second-order valence-corrected chi connectivity index (χ2v) is 15.6. The molecule has 0 aromatic heterocycles. The van der Waals surface area contributed by atoms with Crippen LogP contribution in [0.4, 0.5) is 0 Å². The molecular weight excluding hydrogens is 380 g/mol. The van der Waals surface area contributed by atoms with E-state index in [4.69, 9.17) is 23.4 Å². The average molecular weight is 419 g/mol. The highest BCUT2D eigenvalue weighted by molar-refractivity contribution is 6.74. The second kappa shape index (κ2) is 7.63. The molecule has 2 fully saturated rings. The molecule has 2 saturated heterocycles. The van der Waals surface area contributed by atoms with Gasteiger partial charge < -0.3 is 28.5 Å². The first-order chi connectivity index (χ1) is 12.4. The fourth-order valence-corrected chi connectivity index (χ4v) is 4.24. The molecule has 5 atom stereocenters. The van der Waals surface area contributed by atoms with Gasteiger partial charge in [0.1, 0.15) is 31.0 Å². The van der Waals surface area contributed by atoms with Crippen molar-refractivity contribution < 1.29 is 33.3 Å². The van der Waals surface area contributed by atoms with E-state index in [2.05, 4.69) is 33.9 Å². The van der Waals surface area contributed by atoms with E-state index in [1.54, 1.807) is 20.8 Å². The van der Waals surface area contributed by atoms with Crippen LogP contribution in [-0.2, 0) is 28.2 Å². The summed E-state index contributed by atoms with van der Waals surface area (Å²) in [5.74, 6) is -1.15. The highest BCUT2D eigenvalue weighted by Gasteiger charge is 2.59. The van der Waals surface area contributed by atoms with Crippen LogP contribution in [-0.4, -0.2) is 62.5 Å². The van der Waals surface area contributed by atoms with Gasteiger partial charge >= 0.3 is 5.97 Å². The van der Waals surface area contributed by atoms with E-state index in [1.807, 2.05) is 13.8 Å². The molecule has 2 heterocycles. The standard InChI is InChI=1S/C20H38O7Si/c1-18(2,3)17(22)23-11-12(21)13-14(27-28(9,10)19(4,5)6)15-16(24-13)26-20(7,8)25-15/h12-16,21H,11H2,1-10H3/t12?,13-,14+,15-,16-/m1/s1. The highest BCUT2D eigenvalue weighted by Crippen LogP contribution is 2.44. The monoisotopic (exact) mass is 418 g/mol. The molecule has 7 nitrogen and oxygen atoms in total. The van der Waals surface area contributed by atoms with E-state index in [-0.39, 0.29) is 17.6 Å². The molecule has 2 rings (SSSR count). The molecule has 0 amide bonds. The van der Waals surface area contributed by atoms with Crippen LogP contribution in [0.1, 0.15) is 55.4 Å². The zero-order chi connectivity index (χ0) is 21.7. The molecule has 1 N–H and O–H groups in total. The molecule has 0 saturated carbocycles. The Morgan fingerprint density at radius 2 is 1.71 bits per heavy atom. The summed E-state index contributed by atoms with van der Waals surface area (Å²) in [7, 11) is -2.17. The Morgan fingerprint density at radius 3 is 2.21 bits per heavy atom. The maximum atomic E-state index is 12.1. The molecule has 0 radical (unpaired) electrons. The van der Waals surface area contributed by atoms with Crippen molar-refractivity contribution in [3.8, 4) is 0 Å². The van der Waals surface area contributed by atoms with Crippen molar-refractivity contribution in [1.29, 1.82) is 0 Å². The van der Waals surface area contributed by atoms with Crippen molar-refractivity contribution in [2.45, 2.75) is 110 Å². The van der Waals surface area contributed by atoms with Crippen LogP contribution in [0.15, 0.2) is 0 Å². The summed E-state index contributed by atoms with van der Waals surface area (Å²) < 4.78 is 29.7. The quantitative estimate of drug-likeness (QED) is 0.542. The summed E-state index contributed by atoms with van der Waals surface area (Å²) in [6.45, 7) is 19.5. The van der Waals surface area contributed by atoms with E-state index < -0.39 is 50.2 Å². The Hall–Kier alpha value is -0.513. The van der Waals surface area contributed by atoms with Gasteiger partial charge in [0.25, 0.3) is 0 Å². The Bertz CT molecular complexity index is 576. The molecule has 8 heteroatoms. The van der Waals surface area contributed by atoms with Crippen LogP contribution < -0.4 is 0 Å². The zero-order valence-corrected chi connectivity index (χ0v) is 20.0. The van der Waals surface area contributed by atoms with Gasteiger partial charge in [0.15, 0.2) is 20.4 Å². The van der Waals surface area contributed by atoms with E-state index >= 15 is 0 Å². The summed E-state index contributed by atoms with van der Waals surface area (Å²) in [6.07, 6.45) is -3.31. The van der Waals surface area contributed by atoms with Crippen LogP contribution in [0, 0.1) is 5.41 Å². The van der Waals surface area contributed by atoms with Crippen molar-refractivity contribution in [2.24, 2.45) is 5.41 Å². The average Bonchev–Trinajstić information content (AvgIpc) is 2.95. The number of ether oxygens (including phenoxy) is 4. The molecular formula is C20H38O7Si. The van der Waals surface area contributed by atoms with Gasteiger partial charge in [-0.05, 0) is 52.8 Å². The number of hydrogen-bond acceptors (Lipinski definition) is 7. The van der Waals surface area contributed by atoms with Gasteiger partial charge in [0.2, 0.25) is 0 Å². The van der Waals surface area contributed by atoms with Crippen LogP contribution in [0.25, 0.3) is 0 Å². The van der Waals surface area contributed by atoms with Crippen LogP contribution in [0.2, 0.25) is 18.1 Å². The SMILES string of the molecule is CC1(C)O[C@H]2O[C@H](C(O)COC(=O)C(C)(C)C)[C@H](O[Si](C)(C)C(C)(C)C)[C@H]2O1. The molecule has 28 heavy (non-hydrogen) atoms. The van der Waals surface area contributed by atoms with Crippen molar-refractivity contribution >= 4 is 14.3 Å². The van der Waals surface area contributed by atoms with Gasteiger partial charge in [-0.3, -0.25) is 4.79 Å². The van der Waals surface area contributed by atoms with Gasteiger partial charge in [-0.25, -0.2) is 0 Å². The lowest BCUT2D eigenvalue weighted by atomic mass is 9.97. The normalized spacial score (nSPS) is 31.5. The molecule has 1 unspecified atom stereocenters. The van der Waals surface area contributed by atoms with E-state index in [1.165, 1.54) is 0 Å². The summed E-state index contributed by atoms with van der Waals surface area (Å²) in [6, 6.07) is 0. The highest BCUT2D eigenvalue weighted by atomic mass is 28.4. The topological polar surface area (TPSA) is 83.5 Å². The lowest BCUT2D eigenvalue weighted by molar-refractivity contribution is -0.227. The fraction of sp³-hybridized carbons (Fsp3) is 0.950.